The van der Waals surface area contributed by atoms with Gasteiger partial charge >= 0.3 is 0 Å². The van der Waals surface area contributed by atoms with Crippen LogP contribution >= 0.6 is 0 Å². The molecular weight excluding hydrogens is 421 g/mol. The number of methoxy groups -OCH3 is 1. The average molecular weight is 445 g/mol. The molecule has 1 aliphatic heterocycles. The number of aliphatic hydroxyl groups is 1. The van der Waals surface area contributed by atoms with Crippen LogP contribution in [0.4, 0.5) is 10.1 Å². The molecule has 0 saturated carbocycles. The van der Waals surface area contributed by atoms with E-state index in [-0.39, 0.29) is 16.9 Å². The molecule has 0 bridgehead atoms. The molecule has 5 nitrogen and oxygen atoms in total. The zero-order valence-corrected chi connectivity index (χ0v) is 18.8. The molecule has 33 heavy (non-hydrogen) atoms. The molecular formula is C27H24FNO4. The molecule has 3 aromatic carbocycles. The van der Waals surface area contributed by atoms with E-state index in [2.05, 4.69) is 0 Å². The molecule has 1 fully saturated rings. The van der Waals surface area contributed by atoms with E-state index >= 15 is 0 Å². The van der Waals surface area contributed by atoms with Gasteiger partial charge in [0.2, 0.25) is 0 Å². The van der Waals surface area contributed by atoms with Crippen LogP contribution in [0.1, 0.15) is 33.9 Å². The lowest BCUT2D eigenvalue weighted by molar-refractivity contribution is -0.132. The molecule has 0 aromatic heterocycles. The number of ketones is 1. The van der Waals surface area contributed by atoms with Crippen molar-refractivity contribution in [2.75, 3.05) is 12.0 Å². The minimum atomic E-state index is -1.12. The first-order valence-corrected chi connectivity index (χ1v) is 10.5. The second-order valence-corrected chi connectivity index (χ2v) is 8.11. The van der Waals surface area contributed by atoms with Gasteiger partial charge in [0, 0.05) is 16.8 Å². The number of hydrogen-bond donors (Lipinski definition) is 1. The van der Waals surface area contributed by atoms with Crippen molar-refractivity contribution in [1.29, 1.82) is 0 Å². The topological polar surface area (TPSA) is 66.8 Å². The van der Waals surface area contributed by atoms with Gasteiger partial charge in [-0.3, -0.25) is 14.5 Å². The Bertz CT molecular complexity index is 1310. The summed E-state index contributed by atoms with van der Waals surface area (Å²) in [5.74, 6) is -1.97. The number of carbonyl (C=O) groups is 2. The van der Waals surface area contributed by atoms with Crippen LogP contribution in [0.15, 0.2) is 66.2 Å². The SMILES string of the molecule is COc1cc(C)c(/C(O)=C2\C(=O)C(=O)N(c3ccccc3C)C2c2ccccc2F)cc1C. The van der Waals surface area contributed by atoms with Crippen molar-refractivity contribution in [3.05, 3.63) is 99.9 Å². The van der Waals surface area contributed by atoms with Gasteiger partial charge in [-0.2, -0.15) is 0 Å². The Hall–Kier alpha value is -3.93. The highest BCUT2D eigenvalue weighted by Crippen LogP contribution is 2.44. The van der Waals surface area contributed by atoms with Crippen molar-refractivity contribution >= 4 is 23.1 Å². The highest BCUT2D eigenvalue weighted by atomic mass is 19.1. The fourth-order valence-electron chi connectivity index (χ4n) is 4.32. The van der Waals surface area contributed by atoms with Crippen LogP contribution < -0.4 is 9.64 Å². The van der Waals surface area contributed by atoms with Crippen molar-refractivity contribution in [2.45, 2.75) is 26.8 Å². The Morgan fingerprint density at radius 3 is 2.27 bits per heavy atom. The number of aryl methyl sites for hydroxylation is 3. The zero-order chi connectivity index (χ0) is 23.9. The number of nitrogens with zero attached hydrogens (tertiary/aromatic N) is 1. The van der Waals surface area contributed by atoms with Crippen LogP contribution in [0.5, 0.6) is 5.75 Å². The summed E-state index contributed by atoms with van der Waals surface area (Å²) in [6.07, 6.45) is 0. The molecule has 0 aliphatic carbocycles. The minimum absolute atomic E-state index is 0.129. The molecule has 1 N–H and O–H groups in total. The van der Waals surface area contributed by atoms with Gasteiger partial charge in [-0.05, 0) is 61.7 Å². The molecule has 1 unspecified atom stereocenters. The van der Waals surface area contributed by atoms with Crippen molar-refractivity contribution in [3.8, 4) is 5.75 Å². The number of anilines is 1. The number of Topliss-reactive ketones (excluding diaryl/α,β-unsaturated/α-hetero) is 1. The normalized spacial score (nSPS) is 17.5. The second-order valence-electron chi connectivity index (χ2n) is 8.11. The summed E-state index contributed by atoms with van der Waals surface area (Å²) in [6, 6.07) is 15.4. The zero-order valence-electron chi connectivity index (χ0n) is 18.8. The van der Waals surface area contributed by atoms with Gasteiger partial charge in [0.1, 0.15) is 17.3 Å². The molecule has 0 radical (unpaired) electrons. The lowest BCUT2D eigenvalue weighted by Crippen LogP contribution is -2.30. The Kier molecular flexibility index (Phi) is 5.77. The van der Waals surface area contributed by atoms with Gasteiger partial charge < -0.3 is 9.84 Å². The van der Waals surface area contributed by atoms with Gasteiger partial charge in [0.25, 0.3) is 11.7 Å². The van der Waals surface area contributed by atoms with Crippen LogP contribution in [0.25, 0.3) is 5.76 Å². The molecule has 4 rings (SSSR count). The summed E-state index contributed by atoms with van der Waals surface area (Å²) in [4.78, 5) is 27.8. The smallest absolute Gasteiger partial charge is 0.300 e. The minimum Gasteiger partial charge on any atom is -0.507 e. The molecule has 3 aromatic rings. The van der Waals surface area contributed by atoms with E-state index < -0.39 is 23.5 Å². The maximum Gasteiger partial charge on any atom is 0.300 e. The Balaban J connectivity index is 2.02. The van der Waals surface area contributed by atoms with Crippen molar-refractivity contribution in [1.82, 2.24) is 0 Å². The summed E-state index contributed by atoms with van der Waals surface area (Å²) in [6.45, 7) is 5.39. The van der Waals surface area contributed by atoms with E-state index in [1.54, 1.807) is 44.4 Å². The third kappa shape index (κ3) is 3.67. The summed E-state index contributed by atoms with van der Waals surface area (Å²) in [5, 5.41) is 11.4. The number of rotatable bonds is 4. The van der Waals surface area contributed by atoms with Crippen molar-refractivity contribution in [2.24, 2.45) is 0 Å². The molecule has 168 valence electrons. The molecule has 0 spiro atoms. The monoisotopic (exact) mass is 445 g/mol. The van der Waals surface area contributed by atoms with Gasteiger partial charge in [-0.15, -0.1) is 0 Å². The fourth-order valence-corrected chi connectivity index (χ4v) is 4.32. The summed E-state index contributed by atoms with van der Waals surface area (Å²) < 4.78 is 20.3. The average Bonchev–Trinajstić information content (AvgIpc) is 3.05. The predicted octanol–water partition coefficient (Wildman–Crippen LogP) is 5.39. The molecule has 1 heterocycles. The third-order valence-electron chi connectivity index (χ3n) is 6.02. The number of amides is 1. The van der Waals surface area contributed by atoms with Gasteiger partial charge in [0.15, 0.2) is 0 Å². The number of carbonyl (C=O) groups excluding carboxylic acids is 2. The van der Waals surface area contributed by atoms with E-state index in [0.717, 1.165) is 11.1 Å². The quantitative estimate of drug-likeness (QED) is 0.332. The highest BCUT2D eigenvalue weighted by Gasteiger charge is 2.48. The fraction of sp³-hybridized carbons (Fsp3) is 0.185. The van der Waals surface area contributed by atoms with Crippen LogP contribution in [0.2, 0.25) is 0 Å². The Labute approximate surface area is 191 Å². The van der Waals surface area contributed by atoms with E-state index in [9.17, 15) is 19.1 Å². The lowest BCUT2D eigenvalue weighted by Gasteiger charge is -2.27. The van der Waals surface area contributed by atoms with Gasteiger partial charge in [-0.1, -0.05) is 36.4 Å². The van der Waals surface area contributed by atoms with E-state index in [0.29, 0.717) is 22.6 Å². The maximum absolute atomic E-state index is 15.0. The van der Waals surface area contributed by atoms with E-state index in [1.165, 1.54) is 23.1 Å². The van der Waals surface area contributed by atoms with Crippen molar-refractivity contribution < 1.29 is 23.8 Å². The lowest BCUT2D eigenvalue weighted by atomic mass is 9.92. The molecule has 1 atom stereocenters. The van der Waals surface area contributed by atoms with Crippen LogP contribution in [0, 0.1) is 26.6 Å². The number of halogens is 1. The number of para-hydroxylation sites is 1. The summed E-state index contributed by atoms with van der Waals surface area (Å²) in [7, 11) is 1.55. The third-order valence-corrected chi connectivity index (χ3v) is 6.02. The highest BCUT2D eigenvalue weighted by molar-refractivity contribution is 6.51. The number of hydrogen-bond acceptors (Lipinski definition) is 4. The number of benzene rings is 3. The molecule has 6 heteroatoms. The first-order chi connectivity index (χ1) is 15.8. The van der Waals surface area contributed by atoms with Crippen LogP contribution in [0.3, 0.4) is 0 Å². The first kappa shape index (κ1) is 22.3. The van der Waals surface area contributed by atoms with Gasteiger partial charge in [0.05, 0.1) is 18.7 Å². The van der Waals surface area contributed by atoms with Crippen LogP contribution in [-0.2, 0) is 9.59 Å². The standard InChI is InChI=1S/C27H24FNO4/c1-15-9-5-8-12-21(15)29-24(18-10-6-7-11-20(18)28)23(26(31)27(29)32)25(30)19-13-17(3)22(33-4)14-16(19)2/h5-14,24,30H,1-4H3/b25-23+. The summed E-state index contributed by atoms with van der Waals surface area (Å²) in [5.41, 5.74) is 3.00. The predicted molar refractivity (Wildman–Crippen MR) is 125 cm³/mol. The van der Waals surface area contributed by atoms with E-state index in [4.69, 9.17) is 4.74 Å². The van der Waals surface area contributed by atoms with Crippen molar-refractivity contribution in [3.63, 3.8) is 0 Å². The molecule has 1 amide bonds. The van der Waals surface area contributed by atoms with Crippen LogP contribution in [-0.4, -0.2) is 23.9 Å². The molecule has 1 saturated heterocycles. The maximum atomic E-state index is 15.0. The number of ether oxygens (including phenoxy) is 1. The van der Waals surface area contributed by atoms with E-state index in [1.807, 2.05) is 26.0 Å². The molecule has 1 aliphatic rings. The summed E-state index contributed by atoms with van der Waals surface area (Å²) >= 11 is 0. The van der Waals surface area contributed by atoms with Gasteiger partial charge in [-0.25, -0.2) is 4.39 Å². The Morgan fingerprint density at radius 1 is 0.939 bits per heavy atom. The largest absolute Gasteiger partial charge is 0.507 e. The first-order valence-electron chi connectivity index (χ1n) is 10.5. The number of aliphatic hydroxyl groups excluding tert-OH is 1. The Morgan fingerprint density at radius 2 is 1.61 bits per heavy atom. The second kappa shape index (κ2) is 8.54.